The fourth-order valence-corrected chi connectivity index (χ4v) is 2.65. The maximum absolute atomic E-state index is 10.5. The third-order valence-electron chi connectivity index (χ3n) is 2.24. The lowest BCUT2D eigenvalue weighted by molar-refractivity contribution is -0.131. The molecule has 0 saturated carbocycles. The quantitative estimate of drug-likeness (QED) is 0.697. The van der Waals surface area contributed by atoms with Crippen molar-refractivity contribution in [2.45, 2.75) is 19.3 Å². The van der Waals surface area contributed by atoms with Gasteiger partial charge in [-0.2, -0.15) is 0 Å². The van der Waals surface area contributed by atoms with E-state index in [0.717, 1.165) is 30.4 Å². The lowest BCUT2D eigenvalue weighted by atomic mass is 9.93. The van der Waals surface area contributed by atoms with Gasteiger partial charge in [-0.1, -0.05) is 0 Å². The molecule has 1 aliphatic rings. The van der Waals surface area contributed by atoms with Gasteiger partial charge >= 0.3 is 5.97 Å². The predicted octanol–water partition coefficient (Wildman–Crippen LogP) is 2.55. The molecule has 0 bridgehead atoms. The van der Waals surface area contributed by atoms with E-state index in [1.54, 1.807) is 11.3 Å². The Morgan fingerprint density at radius 2 is 2.38 bits per heavy atom. The molecule has 1 aliphatic carbocycles. The molecule has 68 valence electrons. The second-order valence-electron chi connectivity index (χ2n) is 3.12. The SMILES string of the molecule is O=C(O)/C=C1/CCCc2sccc21. The fraction of sp³-hybridized carbons (Fsp3) is 0.300. The van der Waals surface area contributed by atoms with Crippen LogP contribution in [0.15, 0.2) is 17.5 Å². The standard InChI is InChI=1S/C10H10O2S/c11-10(12)6-7-2-1-3-9-8(7)4-5-13-9/h4-6H,1-3H2,(H,11,12)/b7-6-. The van der Waals surface area contributed by atoms with E-state index in [0.29, 0.717) is 0 Å². The highest BCUT2D eigenvalue weighted by Gasteiger charge is 2.15. The lowest BCUT2D eigenvalue weighted by Gasteiger charge is -2.13. The highest BCUT2D eigenvalue weighted by Crippen LogP contribution is 2.33. The zero-order valence-corrected chi connectivity index (χ0v) is 7.93. The summed E-state index contributed by atoms with van der Waals surface area (Å²) in [5.74, 6) is -0.839. The number of carboxylic acids is 1. The van der Waals surface area contributed by atoms with Crippen molar-refractivity contribution in [3.63, 3.8) is 0 Å². The number of thiophene rings is 1. The molecule has 0 amide bonds. The average molecular weight is 194 g/mol. The average Bonchev–Trinajstić information content (AvgIpc) is 2.51. The molecule has 0 atom stereocenters. The van der Waals surface area contributed by atoms with E-state index in [1.807, 2.05) is 11.4 Å². The van der Waals surface area contributed by atoms with Gasteiger partial charge in [0.25, 0.3) is 0 Å². The summed E-state index contributed by atoms with van der Waals surface area (Å²) in [6.45, 7) is 0. The van der Waals surface area contributed by atoms with Gasteiger partial charge in [0, 0.05) is 11.0 Å². The van der Waals surface area contributed by atoms with Crippen LogP contribution in [0, 0.1) is 0 Å². The topological polar surface area (TPSA) is 37.3 Å². The minimum Gasteiger partial charge on any atom is -0.478 e. The number of hydrogen-bond acceptors (Lipinski definition) is 2. The van der Waals surface area contributed by atoms with Crippen LogP contribution in [0.3, 0.4) is 0 Å². The van der Waals surface area contributed by atoms with E-state index in [1.165, 1.54) is 11.0 Å². The molecule has 2 rings (SSSR count). The van der Waals surface area contributed by atoms with Gasteiger partial charge in [-0.25, -0.2) is 4.79 Å². The van der Waals surface area contributed by atoms with Gasteiger partial charge in [0.1, 0.15) is 0 Å². The lowest BCUT2D eigenvalue weighted by Crippen LogP contribution is -2.00. The normalized spacial score (nSPS) is 18.6. The Morgan fingerprint density at radius 1 is 1.54 bits per heavy atom. The van der Waals surface area contributed by atoms with Crippen LogP contribution in [0.2, 0.25) is 0 Å². The van der Waals surface area contributed by atoms with Crippen LogP contribution in [0.5, 0.6) is 0 Å². The second-order valence-corrected chi connectivity index (χ2v) is 4.12. The molecule has 0 radical (unpaired) electrons. The molecule has 0 unspecified atom stereocenters. The number of aryl methyl sites for hydroxylation is 1. The second kappa shape index (κ2) is 3.34. The van der Waals surface area contributed by atoms with Crippen LogP contribution in [0.1, 0.15) is 23.3 Å². The maximum atomic E-state index is 10.5. The highest BCUT2D eigenvalue weighted by molar-refractivity contribution is 7.10. The molecule has 0 fully saturated rings. The summed E-state index contributed by atoms with van der Waals surface area (Å²) >= 11 is 1.72. The predicted molar refractivity (Wildman–Crippen MR) is 52.9 cm³/mol. The van der Waals surface area contributed by atoms with Crippen molar-refractivity contribution in [2.24, 2.45) is 0 Å². The molecule has 0 spiro atoms. The third-order valence-corrected chi connectivity index (χ3v) is 3.22. The summed E-state index contributed by atoms with van der Waals surface area (Å²) in [6.07, 6.45) is 4.41. The number of hydrogen-bond donors (Lipinski definition) is 1. The van der Waals surface area contributed by atoms with Gasteiger partial charge in [0.15, 0.2) is 0 Å². The summed E-state index contributed by atoms with van der Waals surface area (Å²) in [5.41, 5.74) is 2.13. The van der Waals surface area contributed by atoms with E-state index in [-0.39, 0.29) is 0 Å². The van der Waals surface area contributed by atoms with Crippen LogP contribution in [0.4, 0.5) is 0 Å². The van der Waals surface area contributed by atoms with Gasteiger partial charge in [0.2, 0.25) is 0 Å². The van der Waals surface area contributed by atoms with E-state index >= 15 is 0 Å². The first-order chi connectivity index (χ1) is 6.27. The van der Waals surface area contributed by atoms with Crippen LogP contribution < -0.4 is 0 Å². The monoisotopic (exact) mass is 194 g/mol. The minimum atomic E-state index is -0.839. The molecule has 3 heteroatoms. The van der Waals surface area contributed by atoms with Crippen molar-refractivity contribution in [2.75, 3.05) is 0 Å². The van der Waals surface area contributed by atoms with E-state index in [9.17, 15) is 4.79 Å². The third kappa shape index (κ3) is 1.65. The first-order valence-corrected chi connectivity index (χ1v) is 5.15. The Labute approximate surface area is 80.5 Å². The zero-order valence-electron chi connectivity index (χ0n) is 7.12. The summed E-state index contributed by atoms with van der Waals surface area (Å²) < 4.78 is 0. The Bertz CT molecular complexity index is 363. The molecule has 13 heavy (non-hydrogen) atoms. The van der Waals surface area contributed by atoms with E-state index < -0.39 is 5.97 Å². The van der Waals surface area contributed by atoms with Crippen molar-refractivity contribution < 1.29 is 9.90 Å². The molecule has 0 saturated heterocycles. The first-order valence-electron chi connectivity index (χ1n) is 4.27. The van der Waals surface area contributed by atoms with Gasteiger partial charge in [-0.3, -0.25) is 0 Å². The fourth-order valence-electron chi connectivity index (χ4n) is 1.69. The van der Waals surface area contributed by atoms with E-state index in [4.69, 9.17) is 5.11 Å². The van der Waals surface area contributed by atoms with Gasteiger partial charge in [-0.05, 0) is 41.8 Å². The number of fused-ring (bicyclic) bond motifs is 1. The van der Waals surface area contributed by atoms with Crippen LogP contribution >= 0.6 is 11.3 Å². The molecule has 0 aromatic carbocycles. The largest absolute Gasteiger partial charge is 0.478 e. The summed E-state index contributed by atoms with van der Waals surface area (Å²) in [6, 6.07) is 2.02. The highest BCUT2D eigenvalue weighted by atomic mass is 32.1. The summed E-state index contributed by atoms with van der Waals surface area (Å²) in [7, 11) is 0. The summed E-state index contributed by atoms with van der Waals surface area (Å²) in [4.78, 5) is 11.9. The van der Waals surface area contributed by atoms with Crippen molar-refractivity contribution in [1.29, 1.82) is 0 Å². The smallest absolute Gasteiger partial charge is 0.328 e. The van der Waals surface area contributed by atoms with Gasteiger partial charge in [0.05, 0.1) is 0 Å². The molecule has 1 heterocycles. The Kier molecular flexibility index (Phi) is 2.19. The van der Waals surface area contributed by atoms with Gasteiger partial charge in [-0.15, -0.1) is 11.3 Å². The zero-order chi connectivity index (χ0) is 9.26. The first kappa shape index (κ1) is 8.51. The van der Waals surface area contributed by atoms with Crippen molar-refractivity contribution in [3.05, 3.63) is 28.0 Å². The Morgan fingerprint density at radius 3 is 3.15 bits per heavy atom. The van der Waals surface area contributed by atoms with Crippen LogP contribution in [0.25, 0.3) is 5.57 Å². The van der Waals surface area contributed by atoms with Crippen LogP contribution in [-0.4, -0.2) is 11.1 Å². The summed E-state index contributed by atoms with van der Waals surface area (Å²) in [5, 5.41) is 10.7. The molecule has 0 aliphatic heterocycles. The minimum absolute atomic E-state index is 0.839. The molecular weight excluding hydrogens is 184 g/mol. The van der Waals surface area contributed by atoms with Crippen molar-refractivity contribution >= 4 is 22.9 Å². The molecular formula is C10H10O2S. The number of rotatable bonds is 1. The molecule has 1 aromatic rings. The number of aliphatic carboxylic acids is 1. The molecule has 1 N–H and O–H groups in total. The Balaban J connectivity index is 2.40. The maximum Gasteiger partial charge on any atom is 0.328 e. The van der Waals surface area contributed by atoms with E-state index in [2.05, 4.69) is 0 Å². The Hall–Kier alpha value is -1.09. The van der Waals surface area contributed by atoms with Crippen molar-refractivity contribution in [1.82, 2.24) is 0 Å². The number of carboxylic acid groups (broad SMARTS) is 1. The van der Waals surface area contributed by atoms with Crippen LogP contribution in [-0.2, 0) is 11.2 Å². The molecule has 1 aromatic heterocycles. The number of allylic oxidation sites excluding steroid dienone is 1. The van der Waals surface area contributed by atoms with Crippen molar-refractivity contribution in [3.8, 4) is 0 Å². The van der Waals surface area contributed by atoms with Gasteiger partial charge < -0.3 is 5.11 Å². The molecule has 2 nitrogen and oxygen atoms in total. The number of carbonyl (C=O) groups is 1.